The topological polar surface area (TPSA) is 63.3 Å². The Morgan fingerprint density at radius 2 is 2.38 bits per heavy atom. The van der Waals surface area contributed by atoms with Crippen LogP contribution in [0.3, 0.4) is 0 Å². The van der Waals surface area contributed by atoms with Gasteiger partial charge in [0.2, 0.25) is 0 Å². The van der Waals surface area contributed by atoms with Crippen LogP contribution in [0.1, 0.15) is 25.8 Å². The minimum absolute atomic E-state index is 0.504. The number of aromatic nitrogens is 1. The summed E-state index contributed by atoms with van der Waals surface area (Å²) < 4.78 is 0. The van der Waals surface area contributed by atoms with Crippen molar-refractivity contribution in [2.24, 2.45) is 16.6 Å². The summed E-state index contributed by atoms with van der Waals surface area (Å²) in [6.07, 6.45) is 4.64. The molecule has 16 heavy (non-hydrogen) atoms. The Kier molecular flexibility index (Phi) is 5.32. The van der Waals surface area contributed by atoms with Crippen LogP contribution in [0.15, 0.2) is 29.5 Å². The number of hydrogen-bond acceptors (Lipinski definition) is 2. The smallest absolute Gasteiger partial charge is 0.188 e. The first-order valence-corrected chi connectivity index (χ1v) is 5.61. The molecule has 4 heteroatoms. The van der Waals surface area contributed by atoms with Gasteiger partial charge in [0.05, 0.1) is 6.54 Å². The second-order valence-corrected chi connectivity index (χ2v) is 4.17. The van der Waals surface area contributed by atoms with Gasteiger partial charge in [-0.15, -0.1) is 0 Å². The fraction of sp³-hybridized carbons (Fsp3) is 0.500. The Hall–Kier alpha value is -1.58. The number of rotatable bonds is 5. The summed E-state index contributed by atoms with van der Waals surface area (Å²) in [4.78, 5) is 8.25. The van der Waals surface area contributed by atoms with Gasteiger partial charge in [0, 0.05) is 18.9 Å². The molecule has 1 rings (SSSR count). The summed E-state index contributed by atoms with van der Waals surface area (Å²) in [7, 11) is 0. The molecule has 0 saturated heterocycles. The van der Waals surface area contributed by atoms with Gasteiger partial charge in [-0.1, -0.05) is 19.9 Å². The third-order valence-electron chi connectivity index (χ3n) is 2.18. The van der Waals surface area contributed by atoms with E-state index in [1.807, 2.05) is 12.1 Å². The zero-order chi connectivity index (χ0) is 11.8. The molecule has 0 radical (unpaired) electrons. The summed E-state index contributed by atoms with van der Waals surface area (Å²) in [5, 5.41) is 3.09. The SMILES string of the molecule is CC(C)CCNC(N)=NCc1cccnc1. The molecule has 4 nitrogen and oxygen atoms in total. The minimum atomic E-state index is 0.504. The molecule has 0 unspecified atom stereocenters. The highest BCUT2D eigenvalue weighted by Crippen LogP contribution is 1.98. The summed E-state index contributed by atoms with van der Waals surface area (Å²) >= 11 is 0. The van der Waals surface area contributed by atoms with E-state index in [0.29, 0.717) is 18.4 Å². The number of guanidine groups is 1. The maximum absolute atomic E-state index is 5.73. The molecule has 1 heterocycles. The van der Waals surface area contributed by atoms with Crippen molar-refractivity contribution in [1.29, 1.82) is 0 Å². The molecular formula is C12H20N4. The van der Waals surface area contributed by atoms with Gasteiger partial charge in [-0.2, -0.15) is 0 Å². The van der Waals surface area contributed by atoms with Crippen LogP contribution in [0, 0.1) is 5.92 Å². The highest BCUT2D eigenvalue weighted by molar-refractivity contribution is 5.77. The van der Waals surface area contributed by atoms with Crippen molar-refractivity contribution in [2.45, 2.75) is 26.8 Å². The molecule has 1 aromatic heterocycles. The number of hydrogen-bond donors (Lipinski definition) is 2. The lowest BCUT2D eigenvalue weighted by Crippen LogP contribution is -2.32. The summed E-state index contributed by atoms with van der Waals surface area (Å²) in [5.74, 6) is 1.18. The Balaban J connectivity index is 2.29. The van der Waals surface area contributed by atoms with E-state index in [1.54, 1.807) is 12.4 Å². The third kappa shape index (κ3) is 5.34. The first-order valence-electron chi connectivity index (χ1n) is 5.61. The Labute approximate surface area is 97.0 Å². The van der Waals surface area contributed by atoms with Gasteiger partial charge in [-0.3, -0.25) is 4.98 Å². The van der Waals surface area contributed by atoms with Crippen LogP contribution in [0.2, 0.25) is 0 Å². The van der Waals surface area contributed by atoms with Crippen molar-refractivity contribution in [2.75, 3.05) is 6.54 Å². The lowest BCUT2D eigenvalue weighted by Gasteiger charge is -2.07. The van der Waals surface area contributed by atoms with E-state index in [2.05, 4.69) is 29.1 Å². The van der Waals surface area contributed by atoms with Gasteiger partial charge < -0.3 is 11.1 Å². The van der Waals surface area contributed by atoms with E-state index in [9.17, 15) is 0 Å². The zero-order valence-corrected chi connectivity index (χ0v) is 9.98. The standard InChI is InChI=1S/C12H20N4/c1-10(2)5-7-15-12(13)16-9-11-4-3-6-14-8-11/h3-4,6,8,10H,5,7,9H2,1-2H3,(H3,13,15,16). The number of nitrogens with two attached hydrogens (primary N) is 1. The molecule has 0 aromatic carbocycles. The van der Waals surface area contributed by atoms with Crippen LogP contribution < -0.4 is 11.1 Å². The highest BCUT2D eigenvalue weighted by atomic mass is 15.1. The van der Waals surface area contributed by atoms with Crippen LogP contribution in [-0.2, 0) is 6.54 Å². The molecule has 88 valence electrons. The summed E-state index contributed by atoms with van der Waals surface area (Å²) in [5.41, 5.74) is 6.79. The van der Waals surface area contributed by atoms with Crippen LogP contribution in [-0.4, -0.2) is 17.5 Å². The lowest BCUT2D eigenvalue weighted by atomic mass is 10.1. The molecule has 0 bridgehead atoms. The summed E-state index contributed by atoms with van der Waals surface area (Å²) in [6, 6.07) is 3.88. The van der Waals surface area contributed by atoms with Crippen molar-refractivity contribution >= 4 is 5.96 Å². The Morgan fingerprint density at radius 3 is 3.00 bits per heavy atom. The number of pyridine rings is 1. The predicted molar refractivity (Wildman–Crippen MR) is 67.0 cm³/mol. The molecule has 0 fully saturated rings. The van der Waals surface area contributed by atoms with Crippen molar-refractivity contribution < 1.29 is 0 Å². The Morgan fingerprint density at radius 1 is 1.56 bits per heavy atom. The first-order chi connectivity index (χ1) is 7.68. The van der Waals surface area contributed by atoms with E-state index in [-0.39, 0.29) is 0 Å². The van der Waals surface area contributed by atoms with Gasteiger partial charge in [0.1, 0.15) is 0 Å². The van der Waals surface area contributed by atoms with Gasteiger partial charge in [-0.25, -0.2) is 4.99 Å². The average molecular weight is 220 g/mol. The Bertz CT molecular complexity index is 319. The lowest BCUT2D eigenvalue weighted by molar-refractivity contribution is 0.576. The van der Waals surface area contributed by atoms with Crippen molar-refractivity contribution in [3.05, 3.63) is 30.1 Å². The van der Waals surface area contributed by atoms with Crippen molar-refractivity contribution in [3.8, 4) is 0 Å². The van der Waals surface area contributed by atoms with Gasteiger partial charge in [0.25, 0.3) is 0 Å². The molecule has 0 aliphatic carbocycles. The van der Waals surface area contributed by atoms with E-state index in [4.69, 9.17) is 5.73 Å². The number of nitrogens with zero attached hydrogens (tertiary/aromatic N) is 2. The van der Waals surface area contributed by atoms with E-state index in [0.717, 1.165) is 18.5 Å². The molecule has 0 aliphatic rings. The molecule has 3 N–H and O–H groups in total. The fourth-order valence-corrected chi connectivity index (χ4v) is 1.21. The highest BCUT2D eigenvalue weighted by Gasteiger charge is 1.95. The normalized spacial score (nSPS) is 11.8. The number of nitrogens with one attached hydrogen (secondary N) is 1. The number of aliphatic imine (C=N–C) groups is 1. The van der Waals surface area contributed by atoms with E-state index < -0.39 is 0 Å². The molecule has 0 amide bonds. The van der Waals surface area contributed by atoms with Crippen molar-refractivity contribution in [1.82, 2.24) is 10.3 Å². The fourth-order valence-electron chi connectivity index (χ4n) is 1.21. The molecule has 1 aromatic rings. The van der Waals surface area contributed by atoms with Crippen LogP contribution in [0.5, 0.6) is 0 Å². The second kappa shape index (κ2) is 6.82. The third-order valence-corrected chi connectivity index (χ3v) is 2.18. The van der Waals surface area contributed by atoms with Gasteiger partial charge in [0.15, 0.2) is 5.96 Å². The summed E-state index contributed by atoms with van der Waals surface area (Å²) in [6.45, 7) is 5.82. The maximum Gasteiger partial charge on any atom is 0.188 e. The predicted octanol–water partition coefficient (Wildman–Crippen LogP) is 1.53. The van der Waals surface area contributed by atoms with Crippen LogP contribution >= 0.6 is 0 Å². The monoisotopic (exact) mass is 220 g/mol. The molecule has 0 atom stereocenters. The second-order valence-electron chi connectivity index (χ2n) is 4.17. The molecule has 0 aliphatic heterocycles. The zero-order valence-electron chi connectivity index (χ0n) is 9.98. The van der Waals surface area contributed by atoms with Gasteiger partial charge in [-0.05, 0) is 24.0 Å². The first kappa shape index (κ1) is 12.5. The average Bonchev–Trinajstić information content (AvgIpc) is 2.27. The molecular weight excluding hydrogens is 200 g/mol. The quantitative estimate of drug-likeness (QED) is 0.584. The van der Waals surface area contributed by atoms with Crippen LogP contribution in [0.25, 0.3) is 0 Å². The molecule has 0 spiro atoms. The van der Waals surface area contributed by atoms with E-state index >= 15 is 0 Å². The minimum Gasteiger partial charge on any atom is -0.370 e. The van der Waals surface area contributed by atoms with Crippen molar-refractivity contribution in [3.63, 3.8) is 0 Å². The molecule has 0 saturated carbocycles. The maximum atomic E-state index is 5.73. The van der Waals surface area contributed by atoms with Gasteiger partial charge >= 0.3 is 0 Å². The van der Waals surface area contributed by atoms with E-state index in [1.165, 1.54) is 0 Å². The van der Waals surface area contributed by atoms with Crippen LogP contribution in [0.4, 0.5) is 0 Å². The largest absolute Gasteiger partial charge is 0.370 e.